The number of H-pyrrole nitrogens is 1. The number of aryl methyl sites for hydroxylation is 1. The second kappa shape index (κ2) is 3.92. The van der Waals surface area contributed by atoms with Gasteiger partial charge >= 0.3 is 5.69 Å². The monoisotopic (exact) mass is 233 g/mol. The lowest BCUT2D eigenvalue weighted by molar-refractivity contribution is 0.123. The molecule has 1 N–H and O–H groups in total. The highest BCUT2D eigenvalue weighted by Gasteiger charge is 2.16. The summed E-state index contributed by atoms with van der Waals surface area (Å²) in [6, 6.07) is 5.96. The Balaban J connectivity index is 2.18. The molecule has 1 aliphatic rings. The van der Waals surface area contributed by atoms with Crippen LogP contribution in [0.15, 0.2) is 23.0 Å². The first-order chi connectivity index (χ1) is 8.27. The maximum absolute atomic E-state index is 11.6. The molecule has 2 heterocycles. The average molecular weight is 233 g/mol. The van der Waals surface area contributed by atoms with Crippen LogP contribution in [0.1, 0.15) is 0 Å². The van der Waals surface area contributed by atoms with Gasteiger partial charge in [0.15, 0.2) is 0 Å². The summed E-state index contributed by atoms with van der Waals surface area (Å²) >= 11 is 0. The summed E-state index contributed by atoms with van der Waals surface area (Å²) in [7, 11) is 1.80. The normalized spacial score (nSPS) is 16.6. The van der Waals surface area contributed by atoms with Gasteiger partial charge in [0.25, 0.3) is 0 Å². The van der Waals surface area contributed by atoms with Crippen LogP contribution < -0.4 is 10.6 Å². The Morgan fingerprint density at radius 2 is 2.06 bits per heavy atom. The molecule has 0 amide bonds. The summed E-state index contributed by atoms with van der Waals surface area (Å²) in [5.74, 6) is 0. The zero-order valence-corrected chi connectivity index (χ0v) is 9.77. The number of rotatable bonds is 1. The maximum Gasteiger partial charge on any atom is 0.326 e. The minimum Gasteiger partial charge on any atom is -0.378 e. The molecule has 3 rings (SSSR count). The summed E-state index contributed by atoms with van der Waals surface area (Å²) < 4.78 is 7.02. The number of hydrogen-bond acceptors (Lipinski definition) is 3. The van der Waals surface area contributed by atoms with Crippen LogP contribution in [-0.2, 0) is 11.8 Å². The molecule has 5 heteroatoms. The van der Waals surface area contributed by atoms with Crippen molar-refractivity contribution >= 4 is 16.7 Å². The molecule has 0 aliphatic carbocycles. The van der Waals surface area contributed by atoms with E-state index < -0.39 is 0 Å². The molecule has 1 aliphatic heterocycles. The SMILES string of the molecule is Cn1c(=O)[nH]c2cccc(N3CCOCC3)c21. The van der Waals surface area contributed by atoms with Crippen LogP contribution in [0.2, 0.25) is 0 Å². The van der Waals surface area contributed by atoms with E-state index in [1.807, 2.05) is 12.1 Å². The Morgan fingerprint density at radius 1 is 1.29 bits per heavy atom. The maximum atomic E-state index is 11.6. The van der Waals surface area contributed by atoms with Crippen LogP contribution >= 0.6 is 0 Å². The van der Waals surface area contributed by atoms with E-state index in [1.165, 1.54) is 0 Å². The number of nitrogens with one attached hydrogen (secondary N) is 1. The second-order valence-electron chi connectivity index (χ2n) is 4.26. The molecule has 0 unspecified atom stereocenters. The van der Waals surface area contributed by atoms with Crippen LogP contribution in [0, 0.1) is 0 Å². The van der Waals surface area contributed by atoms with Crippen LogP contribution in [0.5, 0.6) is 0 Å². The van der Waals surface area contributed by atoms with Crippen molar-refractivity contribution in [3.05, 3.63) is 28.7 Å². The lowest BCUT2D eigenvalue weighted by Gasteiger charge is -2.29. The Labute approximate surface area is 98.6 Å². The molecule has 1 aromatic heterocycles. The molecule has 0 radical (unpaired) electrons. The number of hydrogen-bond donors (Lipinski definition) is 1. The van der Waals surface area contributed by atoms with Crippen molar-refractivity contribution in [3.8, 4) is 0 Å². The van der Waals surface area contributed by atoms with Crippen LogP contribution in [0.25, 0.3) is 11.0 Å². The standard InChI is InChI=1S/C12H15N3O2/c1-14-11-9(13-12(14)16)3-2-4-10(11)15-5-7-17-8-6-15/h2-4H,5-8H2,1H3,(H,13,16). The fraction of sp³-hybridized carbons (Fsp3) is 0.417. The second-order valence-corrected chi connectivity index (χ2v) is 4.26. The van der Waals surface area contributed by atoms with E-state index in [-0.39, 0.29) is 5.69 Å². The molecule has 0 spiro atoms. The number of aromatic nitrogens is 2. The van der Waals surface area contributed by atoms with E-state index in [0.717, 1.165) is 43.0 Å². The third-order valence-electron chi connectivity index (χ3n) is 3.25. The highest BCUT2D eigenvalue weighted by molar-refractivity contribution is 5.89. The number of nitrogens with zero attached hydrogens (tertiary/aromatic N) is 2. The molecule has 0 bridgehead atoms. The topological polar surface area (TPSA) is 50.3 Å². The molecule has 90 valence electrons. The van der Waals surface area contributed by atoms with E-state index in [2.05, 4.69) is 16.0 Å². The molecule has 2 aromatic rings. The quantitative estimate of drug-likeness (QED) is 0.789. The van der Waals surface area contributed by atoms with Crippen molar-refractivity contribution in [2.45, 2.75) is 0 Å². The van der Waals surface area contributed by atoms with Gasteiger partial charge in [-0.05, 0) is 12.1 Å². The number of imidazole rings is 1. The van der Waals surface area contributed by atoms with Gasteiger partial charge in [-0.15, -0.1) is 0 Å². The largest absolute Gasteiger partial charge is 0.378 e. The van der Waals surface area contributed by atoms with Gasteiger partial charge in [0.05, 0.1) is 29.9 Å². The number of morpholine rings is 1. The van der Waals surface area contributed by atoms with Gasteiger partial charge < -0.3 is 14.6 Å². The van der Waals surface area contributed by atoms with Crippen molar-refractivity contribution in [1.29, 1.82) is 0 Å². The molecule has 5 nitrogen and oxygen atoms in total. The molecule has 1 aromatic carbocycles. The summed E-state index contributed by atoms with van der Waals surface area (Å²) in [5, 5.41) is 0. The summed E-state index contributed by atoms with van der Waals surface area (Å²) in [4.78, 5) is 16.8. The van der Waals surface area contributed by atoms with E-state index in [9.17, 15) is 4.79 Å². The minimum atomic E-state index is -0.0688. The van der Waals surface area contributed by atoms with E-state index >= 15 is 0 Å². The Morgan fingerprint density at radius 3 is 2.82 bits per heavy atom. The summed E-state index contributed by atoms with van der Waals surface area (Å²) in [6.45, 7) is 3.24. The fourth-order valence-corrected chi connectivity index (χ4v) is 2.34. The van der Waals surface area contributed by atoms with Crippen LogP contribution in [-0.4, -0.2) is 35.9 Å². The van der Waals surface area contributed by atoms with E-state index in [4.69, 9.17) is 4.74 Å². The third kappa shape index (κ3) is 1.63. The summed E-state index contributed by atoms with van der Waals surface area (Å²) in [5.41, 5.74) is 2.90. The number of fused-ring (bicyclic) bond motifs is 1. The van der Waals surface area contributed by atoms with Crippen LogP contribution in [0.3, 0.4) is 0 Å². The predicted molar refractivity (Wildman–Crippen MR) is 66.6 cm³/mol. The van der Waals surface area contributed by atoms with Crippen molar-refractivity contribution < 1.29 is 4.74 Å². The minimum absolute atomic E-state index is 0.0688. The van der Waals surface area contributed by atoms with Crippen molar-refractivity contribution in [2.75, 3.05) is 31.2 Å². The van der Waals surface area contributed by atoms with Gasteiger partial charge in [-0.3, -0.25) is 4.57 Å². The first-order valence-electron chi connectivity index (χ1n) is 5.78. The number of benzene rings is 1. The molecule has 0 atom stereocenters. The van der Waals surface area contributed by atoms with E-state index in [0.29, 0.717) is 0 Å². The Kier molecular flexibility index (Phi) is 2.40. The highest BCUT2D eigenvalue weighted by atomic mass is 16.5. The number of aromatic amines is 1. The zero-order valence-electron chi connectivity index (χ0n) is 9.77. The van der Waals surface area contributed by atoms with Crippen molar-refractivity contribution in [3.63, 3.8) is 0 Å². The number of ether oxygens (including phenoxy) is 1. The van der Waals surface area contributed by atoms with E-state index in [1.54, 1.807) is 11.6 Å². The van der Waals surface area contributed by atoms with Gasteiger partial charge in [0, 0.05) is 20.1 Å². The lowest BCUT2D eigenvalue weighted by atomic mass is 10.2. The first kappa shape index (κ1) is 10.4. The molecule has 17 heavy (non-hydrogen) atoms. The smallest absolute Gasteiger partial charge is 0.326 e. The van der Waals surface area contributed by atoms with Crippen LogP contribution in [0.4, 0.5) is 5.69 Å². The predicted octanol–water partition coefficient (Wildman–Crippen LogP) is 0.703. The summed E-state index contributed by atoms with van der Waals surface area (Å²) in [6.07, 6.45) is 0. The lowest BCUT2D eigenvalue weighted by Crippen LogP contribution is -2.36. The van der Waals surface area contributed by atoms with Gasteiger partial charge in [0.2, 0.25) is 0 Å². The number of para-hydroxylation sites is 1. The molecule has 1 fully saturated rings. The van der Waals surface area contributed by atoms with Gasteiger partial charge in [-0.1, -0.05) is 6.07 Å². The first-order valence-corrected chi connectivity index (χ1v) is 5.78. The van der Waals surface area contributed by atoms with Crippen molar-refractivity contribution in [2.24, 2.45) is 7.05 Å². The molecule has 0 saturated carbocycles. The molecular weight excluding hydrogens is 218 g/mol. The Bertz CT molecular complexity index is 593. The van der Waals surface area contributed by atoms with Gasteiger partial charge in [-0.2, -0.15) is 0 Å². The van der Waals surface area contributed by atoms with Gasteiger partial charge in [0.1, 0.15) is 0 Å². The fourth-order valence-electron chi connectivity index (χ4n) is 2.34. The highest BCUT2D eigenvalue weighted by Crippen LogP contribution is 2.25. The third-order valence-corrected chi connectivity index (χ3v) is 3.25. The van der Waals surface area contributed by atoms with Gasteiger partial charge in [-0.25, -0.2) is 4.79 Å². The molecule has 1 saturated heterocycles. The zero-order chi connectivity index (χ0) is 11.8. The Hall–Kier alpha value is -1.75. The average Bonchev–Trinajstić information content (AvgIpc) is 2.66. The molecular formula is C12H15N3O2. The van der Waals surface area contributed by atoms with Crippen molar-refractivity contribution in [1.82, 2.24) is 9.55 Å². The number of anilines is 1.